The Kier molecular flexibility index (Phi) is 3.01. The van der Waals surface area contributed by atoms with Crippen molar-refractivity contribution in [2.24, 2.45) is 0 Å². The van der Waals surface area contributed by atoms with Crippen LogP contribution in [-0.2, 0) is 4.79 Å². The summed E-state index contributed by atoms with van der Waals surface area (Å²) in [6.07, 6.45) is -3.04. The van der Waals surface area contributed by atoms with E-state index in [-0.39, 0.29) is 11.4 Å². The number of hydrogen-bond acceptors (Lipinski definition) is 2. The molecule has 0 unspecified atom stereocenters. The zero-order valence-corrected chi connectivity index (χ0v) is 7.45. The fourth-order valence-electron chi connectivity index (χ4n) is 0.975. The van der Waals surface area contributed by atoms with Crippen molar-refractivity contribution in [3.63, 3.8) is 0 Å². The van der Waals surface area contributed by atoms with Crippen molar-refractivity contribution in [1.82, 2.24) is 0 Å². The monoisotopic (exact) mass is 201 g/mol. The van der Waals surface area contributed by atoms with E-state index in [9.17, 15) is 13.6 Å². The number of carbonyl (C=O) groups excluding carboxylic acids is 1. The number of hydrogen-bond donors (Lipinski definition) is 1. The lowest BCUT2D eigenvalue weighted by molar-refractivity contribution is -0.128. The zero-order chi connectivity index (χ0) is 10.7. The highest BCUT2D eigenvalue weighted by Crippen LogP contribution is 2.19. The van der Waals surface area contributed by atoms with Gasteiger partial charge >= 0.3 is 6.43 Å². The van der Waals surface area contributed by atoms with E-state index < -0.39 is 12.3 Å². The van der Waals surface area contributed by atoms with Gasteiger partial charge in [0.1, 0.15) is 5.75 Å². The molecule has 0 aromatic heterocycles. The molecule has 0 spiro atoms. The predicted molar refractivity (Wildman–Crippen MR) is 47.5 cm³/mol. The number of nitrogens with zero attached hydrogens (tertiary/aromatic N) is 1. The van der Waals surface area contributed by atoms with Crippen LogP contribution in [0.3, 0.4) is 0 Å². The Morgan fingerprint density at radius 1 is 1.50 bits per heavy atom. The van der Waals surface area contributed by atoms with Crippen LogP contribution in [-0.4, -0.2) is 24.5 Å². The molecule has 0 aliphatic rings. The van der Waals surface area contributed by atoms with Crippen LogP contribution in [0, 0.1) is 0 Å². The van der Waals surface area contributed by atoms with Gasteiger partial charge in [0.2, 0.25) is 0 Å². The maximum absolute atomic E-state index is 12.0. The van der Waals surface area contributed by atoms with Gasteiger partial charge in [-0.1, -0.05) is 6.07 Å². The fraction of sp³-hybridized carbons (Fsp3) is 0.222. The number of amides is 1. The minimum Gasteiger partial charge on any atom is -0.508 e. The summed E-state index contributed by atoms with van der Waals surface area (Å²) in [6.45, 7) is 0. The van der Waals surface area contributed by atoms with E-state index in [1.165, 1.54) is 31.3 Å². The lowest BCUT2D eigenvalue weighted by Gasteiger charge is -2.16. The van der Waals surface area contributed by atoms with Gasteiger partial charge in [-0.2, -0.15) is 8.78 Å². The molecule has 0 radical (unpaired) electrons. The average molecular weight is 201 g/mol. The van der Waals surface area contributed by atoms with Gasteiger partial charge in [0.25, 0.3) is 5.91 Å². The molecule has 1 N–H and O–H groups in total. The normalized spacial score (nSPS) is 10.3. The Labute approximate surface area is 79.6 Å². The molecule has 3 nitrogen and oxygen atoms in total. The summed E-state index contributed by atoms with van der Waals surface area (Å²) in [4.78, 5) is 11.6. The standard InChI is InChI=1S/C9H9F2NO2/c1-12(9(14)8(10)11)6-3-2-4-7(13)5-6/h2-5,8,13H,1H3. The van der Waals surface area contributed by atoms with Crippen molar-refractivity contribution in [3.8, 4) is 5.75 Å². The minimum atomic E-state index is -3.04. The van der Waals surface area contributed by atoms with E-state index in [4.69, 9.17) is 5.11 Å². The molecule has 0 fully saturated rings. The Morgan fingerprint density at radius 2 is 2.14 bits per heavy atom. The molecule has 0 atom stereocenters. The first-order valence-electron chi connectivity index (χ1n) is 3.87. The highest BCUT2D eigenvalue weighted by Gasteiger charge is 2.21. The van der Waals surface area contributed by atoms with Gasteiger partial charge in [0.15, 0.2) is 0 Å². The zero-order valence-electron chi connectivity index (χ0n) is 7.45. The van der Waals surface area contributed by atoms with Crippen LogP contribution in [0.4, 0.5) is 14.5 Å². The fourth-order valence-corrected chi connectivity index (χ4v) is 0.975. The third kappa shape index (κ3) is 2.18. The number of halogens is 2. The van der Waals surface area contributed by atoms with Gasteiger partial charge < -0.3 is 10.0 Å². The molecule has 0 saturated heterocycles. The number of phenolic OH excluding ortho intramolecular Hbond substituents is 1. The number of phenols is 1. The second-order valence-electron chi connectivity index (χ2n) is 2.72. The number of carbonyl (C=O) groups is 1. The van der Waals surface area contributed by atoms with Gasteiger partial charge in [-0.05, 0) is 12.1 Å². The Morgan fingerprint density at radius 3 is 2.64 bits per heavy atom. The smallest absolute Gasteiger partial charge is 0.316 e. The first-order chi connectivity index (χ1) is 6.52. The van der Waals surface area contributed by atoms with E-state index in [2.05, 4.69) is 0 Å². The molecule has 1 aromatic rings. The molecule has 14 heavy (non-hydrogen) atoms. The summed E-state index contributed by atoms with van der Waals surface area (Å²) in [5.74, 6) is -1.37. The summed E-state index contributed by atoms with van der Waals surface area (Å²) >= 11 is 0. The average Bonchev–Trinajstić information content (AvgIpc) is 2.15. The molecule has 1 rings (SSSR count). The topological polar surface area (TPSA) is 40.5 Å². The molecule has 76 valence electrons. The molecule has 0 bridgehead atoms. The number of rotatable bonds is 2. The van der Waals surface area contributed by atoms with E-state index in [0.29, 0.717) is 0 Å². The van der Waals surface area contributed by atoms with Crippen molar-refractivity contribution in [2.75, 3.05) is 11.9 Å². The second-order valence-corrected chi connectivity index (χ2v) is 2.72. The lowest BCUT2D eigenvalue weighted by atomic mass is 10.3. The molecule has 1 amide bonds. The Bertz CT molecular complexity index is 341. The van der Waals surface area contributed by atoms with Crippen molar-refractivity contribution < 1.29 is 18.7 Å². The molecule has 0 saturated carbocycles. The van der Waals surface area contributed by atoms with Crippen LogP contribution in [0.15, 0.2) is 24.3 Å². The highest BCUT2D eigenvalue weighted by atomic mass is 19.3. The second kappa shape index (κ2) is 4.04. The summed E-state index contributed by atoms with van der Waals surface area (Å²) in [5, 5.41) is 9.06. The van der Waals surface area contributed by atoms with Crippen molar-refractivity contribution in [2.45, 2.75) is 6.43 Å². The molecule has 0 heterocycles. The third-order valence-corrected chi connectivity index (χ3v) is 1.73. The Hall–Kier alpha value is -1.65. The SMILES string of the molecule is CN(C(=O)C(F)F)c1cccc(O)c1. The van der Waals surface area contributed by atoms with Gasteiger partial charge in [0.05, 0.1) is 0 Å². The summed E-state index contributed by atoms with van der Waals surface area (Å²) < 4.78 is 24.0. The molecular formula is C9H9F2NO2. The third-order valence-electron chi connectivity index (χ3n) is 1.73. The van der Waals surface area contributed by atoms with Crippen LogP contribution in [0.5, 0.6) is 5.75 Å². The van der Waals surface area contributed by atoms with E-state index in [0.717, 1.165) is 4.90 Å². The van der Waals surface area contributed by atoms with Crippen LogP contribution in [0.1, 0.15) is 0 Å². The minimum absolute atomic E-state index is 0.0728. The molecular weight excluding hydrogens is 192 g/mol. The van der Waals surface area contributed by atoms with Crippen LogP contribution in [0.25, 0.3) is 0 Å². The van der Waals surface area contributed by atoms with Gasteiger partial charge in [0, 0.05) is 18.8 Å². The molecule has 0 aliphatic carbocycles. The van der Waals surface area contributed by atoms with Crippen LogP contribution < -0.4 is 4.90 Å². The first kappa shape index (κ1) is 10.4. The van der Waals surface area contributed by atoms with Gasteiger partial charge in [-0.3, -0.25) is 4.79 Å². The Balaban J connectivity index is 2.89. The maximum Gasteiger partial charge on any atom is 0.316 e. The number of benzene rings is 1. The molecule has 0 aliphatic heterocycles. The maximum atomic E-state index is 12.0. The number of alkyl halides is 2. The van der Waals surface area contributed by atoms with Gasteiger partial charge in [-0.25, -0.2) is 0 Å². The first-order valence-corrected chi connectivity index (χ1v) is 3.87. The summed E-state index contributed by atoms with van der Waals surface area (Å²) in [5.41, 5.74) is 0.232. The highest BCUT2D eigenvalue weighted by molar-refractivity contribution is 5.95. The molecule has 1 aromatic carbocycles. The van der Waals surface area contributed by atoms with Crippen molar-refractivity contribution in [3.05, 3.63) is 24.3 Å². The van der Waals surface area contributed by atoms with Crippen LogP contribution >= 0.6 is 0 Å². The summed E-state index contributed by atoms with van der Waals surface area (Å²) in [6, 6.07) is 5.56. The van der Waals surface area contributed by atoms with E-state index >= 15 is 0 Å². The number of anilines is 1. The lowest BCUT2D eigenvalue weighted by Crippen LogP contribution is -2.31. The van der Waals surface area contributed by atoms with E-state index in [1.807, 2.05) is 0 Å². The van der Waals surface area contributed by atoms with Crippen molar-refractivity contribution >= 4 is 11.6 Å². The molecule has 5 heteroatoms. The van der Waals surface area contributed by atoms with E-state index in [1.54, 1.807) is 0 Å². The largest absolute Gasteiger partial charge is 0.508 e. The van der Waals surface area contributed by atoms with Gasteiger partial charge in [-0.15, -0.1) is 0 Å². The predicted octanol–water partition coefficient (Wildman–Crippen LogP) is 1.62. The van der Waals surface area contributed by atoms with Crippen LogP contribution in [0.2, 0.25) is 0 Å². The summed E-state index contributed by atoms with van der Waals surface area (Å²) in [7, 11) is 1.23. The quantitative estimate of drug-likeness (QED) is 0.789. The van der Waals surface area contributed by atoms with Crippen molar-refractivity contribution in [1.29, 1.82) is 0 Å². The number of aromatic hydroxyl groups is 1.